The summed E-state index contributed by atoms with van der Waals surface area (Å²) in [7, 11) is 0. The third-order valence-corrected chi connectivity index (χ3v) is 1.39. The Kier molecular flexibility index (Phi) is 21.0. The Labute approximate surface area is 122 Å². The lowest BCUT2D eigenvalue weighted by Gasteiger charge is -2.10. The van der Waals surface area contributed by atoms with E-state index in [4.69, 9.17) is 35.4 Å². The molecule has 0 heterocycles. The highest BCUT2D eigenvalue weighted by molar-refractivity contribution is 5.79. The topological polar surface area (TPSA) is 165 Å². The zero-order valence-corrected chi connectivity index (χ0v) is 11.5. The average molecular weight is 310 g/mol. The van der Waals surface area contributed by atoms with Gasteiger partial charge in [-0.05, 0) is 0 Å². The minimum Gasteiger partial charge on any atom is -0.478 e. The molecule has 0 aliphatic rings. The van der Waals surface area contributed by atoms with Gasteiger partial charge in [-0.3, -0.25) is 0 Å². The Bertz CT molecular complexity index is 262. The second-order valence-electron chi connectivity index (χ2n) is 3.29. The Morgan fingerprint density at radius 1 is 0.905 bits per heavy atom. The van der Waals surface area contributed by atoms with Gasteiger partial charge in [0.2, 0.25) is 0 Å². The predicted molar refractivity (Wildman–Crippen MR) is 72.7 cm³/mol. The predicted octanol–water partition coefficient (Wildman–Crippen LogP) is -1.78. The maximum atomic E-state index is 9.25. The van der Waals surface area contributed by atoms with E-state index in [9.17, 15) is 9.59 Å². The van der Waals surface area contributed by atoms with Crippen LogP contribution in [0.15, 0.2) is 25.3 Å². The molecule has 0 rings (SSSR count). The van der Waals surface area contributed by atoms with Gasteiger partial charge >= 0.3 is 11.9 Å². The molecule has 9 heteroatoms. The second-order valence-corrected chi connectivity index (χ2v) is 3.29. The monoisotopic (exact) mass is 310 g/mol. The van der Waals surface area contributed by atoms with Crippen molar-refractivity contribution in [3.8, 4) is 0 Å². The van der Waals surface area contributed by atoms with Crippen molar-refractivity contribution in [2.45, 2.75) is 12.2 Å². The minimum atomic E-state index is -0.981. The fourth-order valence-electron chi connectivity index (χ4n) is 0.446. The number of aliphatic carboxylic acids is 2. The zero-order chi connectivity index (χ0) is 17.3. The number of carbonyl (C=O) groups is 2. The largest absolute Gasteiger partial charge is 0.478 e. The highest BCUT2D eigenvalue weighted by Gasteiger charge is 2.04. The molecule has 0 aliphatic carbocycles. The molecule has 0 bridgehead atoms. The number of hydrogen-bond acceptors (Lipinski definition) is 7. The number of rotatable bonds is 8. The molecule has 0 aromatic rings. The maximum absolute atomic E-state index is 9.25. The molecule has 124 valence electrons. The Balaban J connectivity index is -0.000000270. The molecule has 0 aliphatic heterocycles. The molecule has 6 N–H and O–H groups in total. The van der Waals surface area contributed by atoms with Gasteiger partial charge in [0.15, 0.2) is 0 Å². The first-order chi connectivity index (χ1) is 9.74. The van der Waals surface area contributed by atoms with E-state index in [0.717, 1.165) is 12.2 Å². The summed E-state index contributed by atoms with van der Waals surface area (Å²) in [4.78, 5) is 18.5. The molecule has 0 spiro atoms. The summed E-state index contributed by atoms with van der Waals surface area (Å²) >= 11 is 0. The van der Waals surface area contributed by atoms with Crippen LogP contribution in [0.3, 0.4) is 0 Å². The molecule has 2 atom stereocenters. The molecule has 2 unspecified atom stereocenters. The van der Waals surface area contributed by atoms with Crippen LogP contribution >= 0.6 is 0 Å². The van der Waals surface area contributed by atoms with Crippen LogP contribution in [0.2, 0.25) is 0 Å². The first kappa shape index (κ1) is 24.3. The number of carboxylic acid groups (broad SMARTS) is 2. The van der Waals surface area contributed by atoms with Gasteiger partial charge in [0.25, 0.3) is 0 Å². The maximum Gasteiger partial charge on any atom is 0.327 e. The lowest BCUT2D eigenvalue weighted by atomic mass is 10.4. The molecular weight excluding hydrogens is 288 g/mol. The number of carboxylic acids is 2. The zero-order valence-electron chi connectivity index (χ0n) is 11.5. The van der Waals surface area contributed by atoms with Gasteiger partial charge in [-0.15, -0.1) is 0 Å². The van der Waals surface area contributed by atoms with Crippen LogP contribution in [0.1, 0.15) is 0 Å². The highest BCUT2D eigenvalue weighted by atomic mass is 16.5. The van der Waals surface area contributed by atoms with Crippen molar-refractivity contribution in [3.05, 3.63) is 25.3 Å². The molecule has 0 saturated carbocycles. The average Bonchev–Trinajstić information content (AvgIpc) is 2.47. The third-order valence-electron chi connectivity index (χ3n) is 1.39. The van der Waals surface area contributed by atoms with E-state index < -0.39 is 24.1 Å². The summed E-state index contributed by atoms with van der Waals surface area (Å²) in [6, 6.07) is 0. The first-order valence-corrected chi connectivity index (χ1v) is 5.61. The van der Waals surface area contributed by atoms with Crippen molar-refractivity contribution < 1.29 is 45.0 Å². The van der Waals surface area contributed by atoms with Gasteiger partial charge in [-0.25, -0.2) is 9.59 Å². The van der Waals surface area contributed by atoms with E-state index in [1.54, 1.807) is 0 Å². The lowest BCUT2D eigenvalue weighted by Crippen LogP contribution is -2.25. The van der Waals surface area contributed by atoms with Crippen molar-refractivity contribution in [2.24, 2.45) is 0 Å². The molecule has 0 radical (unpaired) electrons. The normalized spacial score (nSPS) is 11.6. The van der Waals surface area contributed by atoms with Gasteiger partial charge in [0.1, 0.15) is 12.2 Å². The quantitative estimate of drug-likeness (QED) is 0.284. The fourth-order valence-corrected chi connectivity index (χ4v) is 0.446. The van der Waals surface area contributed by atoms with E-state index in [0.29, 0.717) is 0 Å². The third kappa shape index (κ3) is 32.1. The summed E-state index contributed by atoms with van der Waals surface area (Å²) in [5.41, 5.74) is 0. The van der Waals surface area contributed by atoms with Crippen LogP contribution in [-0.2, 0) is 14.3 Å². The van der Waals surface area contributed by atoms with Gasteiger partial charge in [0, 0.05) is 12.2 Å². The van der Waals surface area contributed by atoms with Crippen molar-refractivity contribution in [2.75, 3.05) is 26.4 Å². The van der Waals surface area contributed by atoms with Gasteiger partial charge in [0.05, 0.1) is 26.4 Å². The number of ether oxygens (including phenoxy) is 1. The molecule has 0 aromatic heterocycles. The Hall–Kier alpha value is -1.78. The van der Waals surface area contributed by atoms with Crippen LogP contribution in [0.5, 0.6) is 0 Å². The molecule has 0 fully saturated rings. The van der Waals surface area contributed by atoms with E-state index in [1.807, 2.05) is 0 Å². The highest BCUT2D eigenvalue weighted by Crippen LogP contribution is 1.87. The smallest absolute Gasteiger partial charge is 0.327 e. The van der Waals surface area contributed by atoms with E-state index in [1.165, 1.54) is 0 Å². The van der Waals surface area contributed by atoms with Crippen molar-refractivity contribution in [3.63, 3.8) is 0 Å². The molecule has 0 saturated heterocycles. The van der Waals surface area contributed by atoms with Gasteiger partial charge in [-0.1, -0.05) is 13.2 Å². The SMILES string of the molecule is C=CC(=O)O.C=CC(=O)O.OCC(O)COCC(O)CO. The summed E-state index contributed by atoms with van der Waals surface area (Å²) < 4.78 is 4.72. The Morgan fingerprint density at radius 2 is 1.14 bits per heavy atom. The summed E-state index contributed by atoms with van der Waals surface area (Å²) in [6.07, 6.45) is -0.165. The van der Waals surface area contributed by atoms with Crippen LogP contribution in [0.25, 0.3) is 0 Å². The van der Waals surface area contributed by atoms with E-state index in [-0.39, 0.29) is 26.4 Å². The number of hydrogen-bond donors (Lipinski definition) is 6. The Morgan fingerprint density at radius 3 is 1.29 bits per heavy atom. The van der Waals surface area contributed by atoms with Crippen molar-refractivity contribution in [1.82, 2.24) is 0 Å². The summed E-state index contributed by atoms with van der Waals surface area (Å²) in [5, 5.41) is 49.3. The van der Waals surface area contributed by atoms with Crippen LogP contribution in [-0.4, -0.2) is 81.2 Å². The minimum absolute atomic E-state index is 0.0342. The van der Waals surface area contributed by atoms with Crippen LogP contribution in [0, 0.1) is 0 Å². The summed E-state index contributed by atoms with van der Waals surface area (Å²) in [5.74, 6) is -1.96. The summed E-state index contributed by atoms with van der Waals surface area (Å²) in [6.45, 7) is 5.12. The number of aliphatic hydroxyl groups is 4. The first-order valence-electron chi connectivity index (χ1n) is 5.61. The lowest BCUT2D eigenvalue weighted by molar-refractivity contribution is -0.132. The van der Waals surface area contributed by atoms with Crippen LogP contribution < -0.4 is 0 Å². The van der Waals surface area contributed by atoms with Crippen LogP contribution in [0.4, 0.5) is 0 Å². The molecule has 0 aromatic carbocycles. The molecule has 9 nitrogen and oxygen atoms in total. The van der Waals surface area contributed by atoms with Gasteiger partial charge < -0.3 is 35.4 Å². The molecule has 0 amide bonds. The number of aliphatic hydroxyl groups excluding tert-OH is 4. The standard InChI is InChI=1S/C6H14O5.2C3H4O2/c7-1-5(9)3-11-4-6(10)2-8;2*1-2-3(4)5/h5-10H,1-4H2;2*2H,1H2,(H,4,5). The molecular formula is C12H22O9. The second kappa shape index (κ2) is 18.2. The molecule has 21 heavy (non-hydrogen) atoms. The van der Waals surface area contributed by atoms with Crippen molar-refractivity contribution >= 4 is 11.9 Å². The van der Waals surface area contributed by atoms with E-state index >= 15 is 0 Å². The van der Waals surface area contributed by atoms with Gasteiger partial charge in [-0.2, -0.15) is 0 Å². The van der Waals surface area contributed by atoms with E-state index in [2.05, 4.69) is 13.2 Å². The fraction of sp³-hybridized carbons (Fsp3) is 0.500. The van der Waals surface area contributed by atoms with Crippen molar-refractivity contribution in [1.29, 1.82) is 0 Å².